The molecule has 1 atom stereocenters. The van der Waals surface area contributed by atoms with Crippen molar-refractivity contribution in [2.24, 2.45) is 5.92 Å². The van der Waals surface area contributed by atoms with Gasteiger partial charge in [-0.3, -0.25) is 0 Å². The summed E-state index contributed by atoms with van der Waals surface area (Å²) in [6, 6.07) is 16.3. The minimum absolute atomic E-state index is 0.410. The molecule has 3 rings (SSSR count). The molecule has 0 saturated heterocycles. The second-order valence-electron chi connectivity index (χ2n) is 6.25. The summed E-state index contributed by atoms with van der Waals surface area (Å²) in [6.07, 6.45) is 2.56. The highest BCUT2D eigenvalue weighted by atomic mass is 35.5. The van der Waals surface area contributed by atoms with Crippen LogP contribution in [0.2, 0.25) is 10.0 Å². The zero-order valence-electron chi connectivity index (χ0n) is 13.5. The lowest BCUT2D eigenvalue weighted by atomic mass is 10.1. The van der Waals surface area contributed by atoms with E-state index in [0.29, 0.717) is 16.1 Å². The lowest BCUT2D eigenvalue weighted by Crippen LogP contribution is -2.41. The molecule has 1 saturated carbocycles. The van der Waals surface area contributed by atoms with Gasteiger partial charge in [0, 0.05) is 18.3 Å². The Morgan fingerprint density at radius 2 is 1.88 bits per heavy atom. The van der Waals surface area contributed by atoms with Crippen LogP contribution >= 0.6 is 35.4 Å². The fourth-order valence-corrected chi connectivity index (χ4v) is 3.43. The number of hydrogen-bond acceptors (Lipinski definition) is 1. The van der Waals surface area contributed by atoms with Gasteiger partial charge in [-0.1, -0.05) is 53.5 Å². The average molecular weight is 379 g/mol. The molecule has 0 aliphatic heterocycles. The summed E-state index contributed by atoms with van der Waals surface area (Å²) in [5, 5.41) is 5.09. The Hall–Kier alpha value is -1.29. The van der Waals surface area contributed by atoms with E-state index >= 15 is 0 Å². The summed E-state index contributed by atoms with van der Waals surface area (Å²) >= 11 is 17.8. The molecule has 1 aliphatic rings. The summed E-state index contributed by atoms with van der Waals surface area (Å²) < 4.78 is 0. The number of anilines is 1. The van der Waals surface area contributed by atoms with Gasteiger partial charge >= 0.3 is 0 Å². The summed E-state index contributed by atoms with van der Waals surface area (Å²) in [7, 11) is 0. The zero-order chi connectivity index (χ0) is 17.1. The molecule has 0 heterocycles. The Kier molecular flexibility index (Phi) is 5.65. The molecule has 1 aliphatic carbocycles. The Balaban J connectivity index is 1.76. The van der Waals surface area contributed by atoms with Crippen LogP contribution in [-0.2, 0) is 6.54 Å². The summed E-state index contributed by atoms with van der Waals surface area (Å²) in [4.78, 5) is 2.27. The maximum atomic E-state index is 6.10. The second-order valence-corrected chi connectivity index (χ2v) is 7.45. The predicted molar refractivity (Wildman–Crippen MR) is 107 cm³/mol. The van der Waals surface area contributed by atoms with Crippen LogP contribution in [-0.4, -0.2) is 16.1 Å². The van der Waals surface area contributed by atoms with Crippen molar-refractivity contribution in [2.45, 2.75) is 32.4 Å². The maximum Gasteiger partial charge on any atom is 0.173 e. The van der Waals surface area contributed by atoms with Crippen molar-refractivity contribution in [3.63, 3.8) is 0 Å². The molecule has 1 fully saturated rings. The molecule has 2 aromatic rings. The molecule has 2 nitrogen and oxygen atoms in total. The standard InChI is InChI=1S/C19H20Cl2N2S/c1-13(15-7-8-15)23(12-14-5-3-2-4-6-14)19(24)22-16-9-10-17(20)18(21)11-16/h2-6,9-11,13,15H,7-8,12H2,1H3,(H,22,24). The average Bonchev–Trinajstić information content (AvgIpc) is 3.41. The molecule has 0 radical (unpaired) electrons. The molecular weight excluding hydrogens is 359 g/mol. The van der Waals surface area contributed by atoms with Crippen molar-refractivity contribution in [2.75, 3.05) is 5.32 Å². The van der Waals surface area contributed by atoms with E-state index in [0.717, 1.165) is 23.3 Å². The number of benzene rings is 2. The van der Waals surface area contributed by atoms with Gasteiger partial charge in [0.25, 0.3) is 0 Å². The van der Waals surface area contributed by atoms with Gasteiger partial charge in [-0.25, -0.2) is 0 Å². The highest BCUT2D eigenvalue weighted by Gasteiger charge is 2.33. The molecular formula is C19H20Cl2N2S. The summed E-state index contributed by atoms with van der Waals surface area (Å²) in [5.41, 5.74) is 2.11. The van der Waals surface area contributed by atoms with Gasteiger partial charge in [-0.2, -0.15) is 0 Å². The molecule has 0 amide bonds. The van der Waals surface area contributed by atoms with Gasteiger partial charge in [-0.05, 0) is 61.7 Å². The first-order chi connectivity index (χ1) is 11.5. The van der Waals surface area contributed by atoms with Crippen LogP contribution in [0, 0.1) is 5.92 Å². The Morgan fingerprint density at radius 3 is 2.50 bits per heavy atom. The van der Waals surface area contributed by atoms with E-state index in [-0.39, 0.29) is 0 Å². The Labute approximate surface area is 158 Å². The van der Waals surface area contributed by atoms with E-state index in [1.807, 2.05) is 12.1 Å². The van der Waals surface area contributed by atoms with E-state index < -0.39 is 0 Å². The van der Waals surface area contributed by atoms with Crippen molar-refractivity contribution in [3.05, 3.63) is 64.1 Å². The Morgan fingerprint density at radius 1 is 1.17 bits per heavy atom. The molecule has 2 aromatic carbocycles. The van der Waals surface area contributed by atoms with Crippen molar-refractivity contribution in [1.82, 2.24) is 4.90 Å². The smallest absolute Gasteiger partial charge is 0.173 e. The molecule has 5 heteroatoms. The van der Waals surface area contributed by atoms with Crippen LogP contribution < -0.4 is 5.32 Å². The van der Waals surface area contributed by atoms with E-state index in [9.17, 15) is 0 Å². The lowest BCUT2D eigenvalue weighted by Gasteiger charge is -2.32. The topological polar surface area (TPSA) is 15.3 Å². The van der Waals surface area contributed by atoms with Gasteiger partial charge in [0.2, 0.25) is 0 Å². The number of halogens is 2. The van der Waals surface area contributed by atoms with Crippen molar-refractivity contribution < 1.29 is 0 Å². The van der Waals surface area contributed by atoms with Gasteiger partial charge in [0.1, 0.15) is 0 Å². The summed E-state index contributed by atoms with van der Waals surface area (Å²) in [5.74, 6) is 0.724. The Bertz CT molecular complexity index is 717. The lowest BCUT2D eigenvalue weighted by molar-refractivity contribution is 0.298. The first kappa shape index (κ1) is 17.5. The third-order valence-corrected chi connectivity index (χ3v) is 5.50. The third-order valence-electron chi connectivity index (χ3n) is 4.42. The van der Waals surface area contributed by atoms with Crippen molar-refractivity contribution in [3.8, 4) is 0 Å². The van der Waals surface area contributed by atoms with E-state index in [2.05, 4.69) is 41.4 Å². The molecule has 24 heavy (non-hydrogen) atoms. The molecule has 126 valence electrons. The molecule has 1 unspecified atom stereocenters. The first-order valence-corrected chi connectivity index (χ1v) is 9.27. The SMILES string of the molecule is CC(C1CC1)N(Cc1ccccc1)C(=S)Nc1ccc(Cl)c(Cl)c1. The van der Waals surface area contributed by atoms with Gasteiger partial charge in [-0.15, -0.1) is 0 Å². The van der Waals surface area contributed by atoms with E-state index in [1.54, 1.807) is 12.1 Å². The van der Waals surface area contributed by atoms with Crippen LogP contribution in [0.4, 0.5) is 5.69 Å². The van der Waals surface area contributed by atoms with Crippen molar-refractivity contribution >= 4 is 46.2 Å². The number of rotatable bonds is 5. The van der Waals surface area contributed by atoms with E-state index in [1.165, 1.54) is 18.4 Å². The predicted octanol–water partition coefficient (Wildman–Crippen LogP) is 5.99. The molecule has 0 spiro atoms. The van der Waals surface area contributed by atoms with Gasteiger partial charge < -0.3 is 10.2 Å². The van der Waals surface area contributed by atoms with Crippen LogP contribution in [0.5, 0.6) is 0 Å². The zero-order valence-corrected chi connectivity index (χ0v) is 15.8. The molecule has 0 aromatic heterocycles. The van der Waals surface area contributed by atoms with Gasteiger partial charge in [0.05, 0.1) is 10.0 Å². The number of hydrogen-bond donors (Lipinski definition) is 1. The second kappa shape index (κ2) is 7.73. The third kappa shape index (κ3) is 4.41. The van der Waals surface area contributed by atoms with Crippen molar-refractivity contribution in [1.29, 1.82) is 0 Å². The van der Waals surface area contributed by atoms with Crippen LogP contribution in [0.3, 0.4) is 0 Å². The first-order valence-electron chi connectivity index (χ1n) is 8.11. The number of nitrogens with zero attached hydrogens (tertiary/aromatic N) is 1. The minimum Gasteiger partial charge on any atom is -0.342 e. The summed E-state index contributed by atoms with van der Waals surface area (Å²) in [6.45, 7) is 3.05. The minimum atomic E-state index is 0.410. The number of nitrogens with one attached hydrogen (secondary N) is 1. The van der Waals surface area contributed by atoms with Crippen LogP contribution in [0.15, 0.2) is 48.5 Å². The maximum absolute atomic E-state index is 6.10. The van der Waals surface area contributed by atoms with E-state index in [4.69, 9.17) is 35.4 Å². The fourth-order valence-electron chi connectivity index (χ4n) is 2.78. The monoisotopic (exact) mass is 378 g/mol. The largest absolute Gasteiger partial charge is 0.342 e. The van der Waals surface area contributed by atoms with Crippen LogP contribution in [0.25, 0.3) is 0 Å². The normalized spacial score (nSPS) is 15.0. The highest BCUT2D eigenvalue weighted by molar-refractivity contribution is 7.80. The quantitative estimate of drug-likeness (QED) is 0.643. The van der Waals surface area contributed by atoms with Gasteiger partial charge in [0.15, 0.2) is 5.11 Å². The highest BCUT2D eigenvalue weighted by Crippen LogP contribution is 2.36. The number of thiocarbonyl (C=S) groups is 1. The fraction of sp³-hybridized carbons (Fsp3) is 0.316. The molecule has 0 bridgehead atoms. The molecule has 1 N–H and O–H groups in total. The van der Waals surface area contributed by atoms with Crippen LogP contribution in [0.1, 0.15) is 25.3 Å².